The topological polar surface area (TPSA) is 0 Å². The maximum absolute atomic E-state index is 0. The third kappa shape index (κ3) is 19.1. The average molecular weight is 744 g/mol. The van der Waals surface area contributed by atoms with Crippen molar-refractivity contribution in [3.63, 3.8) is 0 Å². The van der Waals surface area contributed by atoms with E-state index in [1.165, 1.54) is 0 Å². The van der Waals surface area contributed by atoms with Gasteiger partial charge in [-0.25, -0.2) is 0 Å². The third-order valence-electron chi connectivity index (χ3n) is 0. The van der Waals surface area contributed by atoms with E-state index >= 15 is 0 Å². The van der Waals surface area contributed by atoms with Crippen molar-refractivity contribution in [1.29, 1.82) is 0 Å². The predicted molar refractivity (Wildman–Crippen MR) is 12.8 cm³/mol. The molecular weight excluding hydrogens is 738 g/mol. The van der Waals surface area contributed by atoms with Crippen LogP contribution in [0.25, 0.3) is 0 Å². The van der Waals surface area contributed by atoms with Gasteiger partial charge in [-0.15, -0.1) is 0 Å². The zero-order valence-corrected chi connectivity index (χ0v) is 16.0. The van der Waals surface area contributed by atoms with Crippen LogP contribution in [0.2, 0.25) is 0 Å². The van der Waals surface area contributed by atoms with Crippen LogP contribution in [0, 0.1) is 108 Å². The zero-order valence-electron chi connectivity index (χ0n) is 3.50. The summed E-state index contributed by atoms with van der Waals surface area (Å²) >= 11 is 0. The monoisotopic (exact) mass is 744 g/mol. The summed E-state index contributed by atoms with van der Waals surface area (Å²) in [6, 6.07) is 0. The van der Waals surface area contributed by atoms with Crippen molar-refractivity contribution in [2.45, 2.75) is 0 Å². The number of rotatable bonds is 0. The fraction of sp³-hybridized carbons (Fsp3) is 0. The van der Waals surface area contributed by atoms with Crippen LogP contribution in [0.5, 0.6) is 0 Å². The fourth-order valence-corrected chi connectivity index (χ4v) is 0. The summed E-state index contributed by atoms with van der Waals surface area (Å²) in [6.45, 7) is 0. The summed E-state index contributed by atoms with van der Waals surface area (Å²) in [5.41, 5.74) is 0. The number of hydrogen-bond acceptors (Lipinski definition) is 0. The van der Waals surface area contributed by atoms with E-state index in [4.69, 9.17) is 0 Å². The molecule has 0 aromatic rings. The van der Waals surface area contributed by atoms with Gasteiger partial charge in [0, 0.05) is 62.2 Å². The van der Waals surface area contributed by atoms with Gasteiger partial charge in [0.05, 0.1) is 0 Å². The standard InChI is InChI=1S/2CH3.3U/h2*1H3;;;/q2*-1;;;+2. The summed E-state index contributed by atoms with van der Waals surface area (Å²) in [7, 11) is 0. The van der Waals surface area contributed by atoms with E-state index in [1.807, 2.05) is 0 Å². The Kier molecular flexibility index (Phi) is 228. The van der Waals surface area contributed by atoms with E-state index in [0.29, 0.717) is 0 Å². The van der Waals surface area contributed by atoms with Crippen molar-refractivity contribution in [3.8, 4) is 0 Å². The molecule has 26 valence electrons. The second-order valence-electron chi connectivity index (χ2n) is 0. The molecular formula is C2H6U3. The Morgan fingerprint density at radius 2 is 0.600 bits per heavy atom. The first-order chi connectivity index (χ1) is 0. The second kappa shape index (κ2) is 27.2. The molecule has 0 atom stereocenters. The van der Waals surface area contributed by atoms with Crippen molar-refractivity contribution >= 4 is 0 Å². The molecule has 0 aliphatic heterocycles. The summed E-state index contributed by atoms with van der Waals surface area (Å²) in [5, 5.41) is 0. The minimum Gasteiger partial charge on any atom is -0.358 e. The van der Waals surface area contributed by atoms with E-state index in [2.05, 4.69) is 0 Å². The minimum absolute atomic E-state index is 0. The van der Waals surface area contributed by atoms with Gasteiger partial charge >= 0.3 is 31.1 Å². The molecule has 0 aromatic heterocycles. The zero-order chi connectivity index (χ0) is 0. The van der Waals surface area contributed by atoms with Crippen molar-refractivity contribution in [3.05, 3.63) is 14.9 Å². The van der Waals surface area contributed by atoms with Crippen LogP contribution < -0.4 is 0 Å². The first-order valence-corrected chi connectivity index (χ1v) is 0. The van der Waals surface area contributed by atoms with E-state index in [9.17, 15) is 0 Å². The molecule has 0 nitrogen and oxygen atoms in total. The molecule has 3 heteroatoms. The van der Waals surface area contributed by atoms with Gasteiger partial charge in [0.1, 0.15) is 0 Å². The molecule has 5 heavy (non-hydrogen) atoms. The Balaban J connectivity index is 0. The summed E-state index contributed by atoms with van der Waals surface area (Å²) in [4.78, 5) is 0. The molecule has 0 aliphatic rings. The fourth-order valence-electron chi connectivity index (χ4n) is 0. The Bertz CT molecular complexity index is 4.85. The molecule has 0 bridgehead atoms. The summed E-state index contributed by atoms with van der Waals surface area (Å²) in [6.07, 6.45) is 0. The maximum atomic E-state index is 0. The largest absolute Gasteiger partial charge is 2.00 e. The predicted octanol–water partition coefficient (Wildman–Crippen LogP) is 0.901. The molecule has 0 N–H and O–H groups in total. The summed E-state index contributed by atoms with van der Waals surface area (Å²) < 4.78 is 0. The van der Waals surface area contributed by atoms with Gasteiger partial charge in [-0.3, -0.25) is 0 Å². The van der Waals surface area contributed by atoms with Gasteiger partial charge < -0.3 is 14.9 Å². The van der Waals surface area contributed by atoms with Gasteiger partial charge in [-0.05, 0) is 0 Å². The molecule has 0 fully saturated rings. The smallest absolute Gasteiger partial charge is 0.358 e. The van der Waals surface area contributed by atoms with Gasteiger partial charge in [-0.1, -0.05) is 0 Å². The Labute approximate surface area is 106 Å². The van der Waals surface area contributed by atoms with Gasteiger partial charge in [0.15, 0.2) is 0 Å². The molecule has 0 heterocycles. The second-order valence-corrected chi connectivity index (χ2v) is 0. The van der Waals surface area contributed by atoms with Crippen LogP contribution in [0.15, 0.2) is 0 Å². The molecule has 0 rings (SSSR count). The van der Waals surface area contributed by atoms with Crippen LogP contribution in [-0.4, -0.2) is 0 Å². The molecule has 0 aromatic carbocycles. The molecule has 0 radical (unpaired) electrons. The van der Waals surface area contributed by atoms with Crippen molar-refractivity contribution in [2.75, 3.05) is 0 Å². The van der Waals surface area contributed by atoms with Gasteiger partial charge in [-0.2, -0.15) is 0 Å². The molecule has 0 aliphatic carbocycles. The van der Waals surface area contributed by atoms with E-state index in [1.54, 1.807) is 0 Å². The molecule has 0 saturated carbocycles. The Morgan fingerprint density at radius 1 is 0.600 bits per heavy atom. The van der Waals surface area contributed by atoms with Crippen molar-refractivity contribution < 1.29 is 93.3 Å². The molecule has 0 unspecified atom stereocenters. The molecule has 0 amide bonds. The number of hydrogen-bond donors (Lipinski definition) is 0. The van der Waals surface area contributed by atoms with Crippen molar-refractivity contribution in [2.24, 2.45) is 0 Å². The van der Waals surface area contributed by atoms with Crippen molar-refractivity contribution in [1.82, 2.24) is 0 Å². The first-order valence-electron chi connectivity index (χ1n) is 0. The average Bonchev–Trinajstić information content (AvgIpc) is 0. The van der Waals surface area contributed by atoms with Crippen LogP contribution in [0.1, 0.15) is 0 Å². The van der Waals surface area contributed by atoms with E-state index in [-0.39, 0.29) is 108 Å². The SMILES string of the molecule is [CH3-].[CH3-].[U+2].[U].[U]. The van der Waals surface area contributed by atoms with E-state index < -0.39 is 0 Å². The van der Waals surface area contributed by atoms with Crippen LogP contribution in [0.4, 0.5) is 0 Å². The quantitative estimate of drug-likeness (QED) is 0.324. The van der Waals surface area contributed by atoms with Crippen LogP contribution >= 0.6 is 0 Å². The Hall–Kier alpha value is 3.16. The van der Waals surface area contributed by atoms with E-state index in [0.717, 1.165) is 0 Å². The van der Waals surface area contributed by atoms with Crippen LogP contribution in [0.3, 0.4) is 0 Å². The molecule has 0 spiro atoms. The first kappa shape index (κ1) is 41.9. The van der Waals surface area contributed by atoms with Gasteiger partial charge in [0.2, 0.25) is 0 Å². The molecule has 0 saturated heterocycles. The third-order valence-corrected chi connectivity index (χ3v) is 0. The summed E-state index contributed by atoms with van der Waals surface area (Å²) in [5.74, 6) is 0. The van der Waals surface area contributed by atoms with Gasteiger partial charge in [0.25, 0.3) is 0 Å². The normalized spacial score (nSPS) is 0. The van der Waals surface area contributed by atoms with Crippen LogP contribution in [-0.2, 0) is 0 Å². The Morgan fingerprint density at radius 3 is 0.600 bits per heavy atom. The minimum atomic E-state index is 0. The maximum Gasteiger partial charge on any atom is 2.00 e.